The minimum Gasteiger partial charge on any atom is -0.321 e. The summed E-state index contributed by atoms with van der Waals surface area (Å²) in [5.74, 6) is -1.11. The SMILES string of the molecule is CC(CC(c1sccc1NC(=O)c1cn(C)nc1C(F)(F)F)S(C)(=O)=O)S(C)(=O)=O. The summed E-state index contributed by atoms with van der Waals surface area (Å²) in [5.41, 5.74) is -2.09. The predicted molar refractivity (Wildman–Crippen MR) is 107 cm³/mol. The number of nitrogens with one attached hydrogen (secondary N) is 1. The van der Waals surface area contributed by atoms with Crippen molar-refractivity contribution in [3.05, 3.63) is 33.8 Å². The second kappa shape index (κ2) is 8.30. The van der Waals surface area contributed by atoms with Crippen molar-refractivity contribution in [2.45, 2.75) is 30.0 Å². The Morgan fingerprint density at radius 1 is 1.23 bits per heavy atom. The van der Waals surface area contributed by atoms with Gasteiger partial charge in [-0.15, -0.1) is 11.3 Å². The third-order valence-corrected chi connectivity index (χ3v) is 8.67. The molecule has 2 rings (SSSR count). The molecule has 30 heavy (non-hydrogen) atoms. The van der Waals surface area contributed by atoms with Crippen LogP contribution in [0.15, 0.2) is 17.6 Å². The Balaban J connectivity index is 2.42. The van der Waals surface area contributed by atoms with Crippen LogP contribution in [0.3, 0.4) is 0 Å². The fraction of sp³-hybridized carbons (Fsp3) is 0.500. The van der Waals surface area contributed by atoms with E-state index >= 15 is 0 Å². The summed E-state index contributed by atoms with van der Waals surface area (Å²) >= 11 is 0.958. The Labute approximate surface area is 175 Å². The van der Waals surface area contributed by atoms with Crippen LogP contribution < -0.4 is 5.32 Å². The number of nitrogens with zero attached hydrogens (tertiary/aromatic N) is 2. The molecule has 1 amide bonds. The lowest BCUT2D eigenvalue weighted by Gasteiger charge is -2.19. The molecule has 0 spiro atoms. The third-order valence-electron chi connectivity index (χ3n) is 4.37. The highest BCUT2D eigenvalue weighted by Crippen LogP contribution is 2.38. The average molecular weight is 488 g/mol. The second-order valence-electron chi connectivity index (χ2n) is 6.91. The summed E-state index contributed by atoms with van der Waals surface area (Å²) in [6.45, 7) is 1.37. The summed E-state index contributed by atoms with van der Waals surface area (Å²) < 4.78 is 88.4. The molecule has 168 valence electrons. The highest BCUT2D eigenvalue weighted by Gasteiger charge is 2.39. The summed E-state index contributed by atoms with van der Waals surface area (Å²) in [7, 11) is -6.10. The number of hydrogen-bond donors (Lipinski definition) is 1. The molecule has 2 aromatic rings. The van der Waals surface area contributed by atoms with Crippen LogP contribution in [0.1, 0.15) is 39.5 Å². The van der Waals surface area contributed by atoms with E-state index in [2.05, 4.69) is 10.4 Å². The van der Waals surface area contributed by atoms with Crippen LogP contribution in [0.25, 0.3) is 0 Å². The van der Waals surface area contributed by atoms with Crippen molar-refractivity contribution in [3.8, 4) is 0 Å². The molecular formula is C16H20F3N3O5S3. The van der Waals surface area contributed by atoms with Gasteiger partial charge in [-0.05, 0) is 24.8 Å². The van der Waals surface area contributed by atoms with Crippen LogP contribution in [0.2, 0.25) is 0 Å². The maximum atomic E-state index is 13.1. The largest absolute Gasteiger partial charge is 0.435 e. The summed E-state index contributed by atoms with van der Waals surface area (Å²) in [4.78, 5) is 12.6. The minimum atomic E-state index is -4.86. The molecule has 0 aliphatic rings. The maximum Gasteiger partial charge on any atom is 0.435 e. The minimum absolute atomic E-state index is 0.00176. The van der Waals surface area contributed by atoms with Gasteiger partial charge in [0.2, 0.25) is 0 Å². The molecule has 2 aromatic heterocycles. The van der Waals surface area contributed by atoms with Gasteiger partial charge < -0.3 is 5.32 Å². The van der Waals surface area contributed by atoms with Gasteiger partial charge in [-0.2, -0.15) is 18.3 Å². The van der Waals surface area contributed by atoms with Crippen LogP contribution >= 0.6 is 11.3 Å². The normalized spacial score (nSPS) is 15.0. The molecule has 14 heteroatoms. The first-order valence-corrected chi connectivity index (χ1v) is 13.2. The molecule has 0 fully saturated rings. The molecule has 0 bridgehead atoms. The molecule has 0 aromatic carbocycles. The molecule has 0 radical (unpaired) electrons. The Bertz CT molecular complexity index is 1150. The number of halogens is 3. The molecule has 2 atom stereocenters. The number of sulfone groups is 2. The highest BCUT2D eigenvalue weighted by atomic mass is 32.2. The number of rotatable bonds is 7. The van der Waals surface area contributed by atoms with Crippen molar-refractivity contribution in [2.75, 3.05) is 17.8 Å². The van der Waals surface area contributed by atoms with E-state index in [1.165, 1.54) is 25.4 Å². The van der Waals surface area contributed by atoms with E-state index in [9.17, 15) is 34.8 Å². The molecule has 0 saturated heterocycles. The van der Waals surface area contributed by atoms with Crippen molar-refractivity contribution >= 4 is 42.6 Å². The number of thiophene rings is 1. The van der Waals surface area contributed by atoms with Crippen molar-refractivity contribution in [3.63, 3.8) is 0 Å². The number of carbonyl (C=O) groups excluding carboxylic acids is 1. The lowest BCUT2D eigenvalue weighted by Crippen LogP contribution is -2.24. The summed E-state index contributed by atoms with van der Waals surface area (Å²) in [6, 6.07) is 1.35. The van der Waals surface area contributed by atoms with Gasteiger partial charge in [0.1, 0.15) is 9.84 Å². The first-order valence-electron chi connectivity index (χ1n) is 8.39. The average Bonchev–Trinajstić information content (AvgIpc) is 3.16. The lowest BCUT2D eigenvalue weighted by atomic mass is 10.2. The number of carbonyl (C=O) groups is 1. The van der Waals surface area contributed by atoms with Gasteiger partial charge in [0.25, 0.3) is 5.91 Å². The van der Waals surface area contributed by atoms with E-state index in [4.69, 9.17) is 0 Å². The molecule has 0 aliphatic carbocycles. The van der Waals surface area contributed by atoms with Crippen molar-refractivity contribution < 1.29 is 34.8 Å². The number of amides is 1. The van der Waals surface area contributed by atoms with Crippen LogP contribution in [0, 0.1) is 0 Å². The van der Waals surface area contributed by atoms with E-state index in [-0.39, 0.29) is 17.0 Å². The lowest BCUT2D eigenvalue weighted by molar-refractivity contribution is -0.141. The van der Waals surface area contributed by atoms with Gasteiger partial charge >= 0.3 is 6.18 Å². The van der Waals surface area contributed by atoms with E-state index in [0.29, 0.717) is 0 Å². The zero-order valence-electron chi connectivity index (χ0n) is 16.4. The van der Waals surface area contributed by atoms with Gasteiger partial charge in [0.15, 0.2) is 15.5 Å². The maximum absolute atomic E-state index is 13.1. The first-order chi connectivity index (χ1) is 13.5. The Morgan fingerprint density at radius 2 is 1.83 bits per heavy atom. The van der Waals surface area contributed by atoms with Gasteiger partial charge in [0, 0.05) is 30.6 Å². The van der Waals surface area contributed by atoms with Gasteiger partial charge in [-0.25, -0.2) is 16.8 Å². The van der Waals surface area contributed by atoms with Crippen LogP contribution in [-0.2, 0) is 32.9 Å². The Hall–Kier alpha value is -1.93. The Morgan fingerprint density at radius 3 is 2.33 bits per heavy atom. The van der Waals surface area contributed by atoms with Gasteiger partial charge in [0.05, 0.1) is 21.8 Å². The van der Waals surface area contributed by atoms with Crippen molar-refractivity contribution in [1.82, 2.24) is 9.78 Å². The number of anilines is 1. The van der Waals surface area contributed by atoms with Crippen molar-refractivity contribution in [2.24, 2.45) is 7.05 Å². The van der Waals surface area contributed by atoms with E-state index < -0.39 is 53.5 Å². The topological polar surface area (TPSA) is 115 Å². The molecule has 1 N–H and O–H groups in total. The van der Waals surface area contributed by atoms with E-state index in [1.54, 1.807) is 0 Å². The standard InChI is InChI=1S/C16H20F3N3O5S3/c1-9(29(3,24)25)7-12(30(4,26)27)13-11(5-6-28-13)20-15(23)10-8-22(2)21-14(10)16(17,18)19/h5-6,8-9,12H,7H2,1-4H3,(H,20,23). The zero-order chi connectivity index (χ0) is 23.1. The molecule has 0 aliphatic heterocycles. The number of hydrogen-bond acceptors (Lipinski definition) is 7. The van der Waals surface area contributed by atoms with Crippen LogP contribution in [0.4, 0.5) is 18.9 Å². The number of aromatic nitrogens is 2. The monoisotopic (exact) mass is 487 g/mol. The summed E-state index contributed by atoms with van der Waals surface area (Å²) in [5, 5.41) is 4.78. The van der Waals surface area contributed by atoms with Crippen LogP contribution in [-0.4, -0.2) is 50.3 Å². The summed E-state index contributed by atoms with van der Waals surface area (Å²) in [6.07, 6.45) is -2.30. The van der Waals surface area contributed by atoms with Gasteiger partial charge in [-0.1, -0.05) is 0 Å². The molecule has 8 nitrogen and oxygen atoms in total. The molecule has 0 saturated carbocycles. The first kappa shape index (κ1) is 24.3. The third kappa shape index (κ3) is 5.60. The highest BCUT2D eigenvalue weighted by molar-refractivity contribution is 7.92. The van der Waals surface area contributed by atoms with E-state index in [1.807, 2.05) is 0 Å². The number of aryl methyl sites for hydroxylation is 1. The molecular weight excluding hydrogens is 467 g/mol. The van der Waals surface area contributed by atoms with Crippen LogP contribution in [0.5, 0.6) is 0 Å². The van der Waals surface area contributed by atoms with Gasteiger partial charge in [-0.3, -0.25) is 9.48 Å². The number of alkyl halides is 3. The fourth-order valence-corrected chi connectivity index (χ4v) is 6.03. The van der Waals surface area contributed by atoms with E-state index in [0.717, 1.165) is 34.7 Å². The quantitative estimate of drug-likeness (QED) is 0.642. The predicted octanol–water partition coefficient (Wildman–Crippen LogP) is 2.66. The van der Waals surface area contributed by atoms with Crippen molar-refractivity contribution in [1.29, 1.82) is 0 Å². The molecule has 2 heterocycles. The molecule has 2 unspecified atom stereocenters. The smallest absolute Gasteiger partial charge is 0.321 e. The second-order valence-corrected chi connectivity index (χ2v) is 12.5. The Kier molecular flexibility index (Phi) is 6.74. The fourth-order valence-electron chi connectivity index (χ4n) is 2.68. The zero-order valence-corrected chi connectivity index (χ0v) is 18.8.